The van der Waals surface area contributed by atoms with E-state index in [-0.39, 0.29) is 32.3 Å². The molecule has 0 N–H and O–H groups in total. The van der Waals surface area contributed by atoms with E-state index >= 15 is 0 Å². The Bertz CT molecular complexity index is 2010. The van der Waals surface area contributed by atoms with Crippen molar-refractivity contribution < 1.29 is 30.5 Å². The fourth-order valence-electron chi connectivity index (χ4n) is 13.9. The van der Waals surface area contributed by atoms with E-state index in [0.29, 0.717) is 23.7 Å². The average Bonchev–Trinajstić information content (AvgIpc) is 3.63. The standard InChI is InChI=1S/2C25H27O.W/c1-2-8-18-16-24-19(15-17(18)7-1)13-14-25(26-24)22-11-5-3-9-20(22)21-10-4-6-12-23(21)25;1-2-8-18-17(7-1)13-14-24-21(18)15-16-25(26-24)22-11-5-3-9-19(22)20-10-4-6-12-23(20)25;/h1-2,7-8,14-16,20-23H,3-6,9-12H2;1-2,7-8,13-14,16,19-20,22-23H,3-6,9-12H2;/q2*-1;+2. The first-order valence-corrected chi connectivity index (χ1v) is 21.4. The van der Waals surface area contributed by atoms with Gasteiger partial charge in [-0.05, 0) is 80.4 Å². The molecule has 6 saturated carbocycles. The topological polar surface area (TPSA) is 18.5 Å². The van der Waals surface area contributed by atoms with E-state index in [2.05, 4.69) is 97.1 Å². The van der Waals surface area contributed by atoms with Gasteiger partial charge in [0.15, 0.2) is 0 Å². The van der Waals surface area contributed by atoms with Gasteiger partial charge in [0.2, 0.25) is 0 Å². The molecule has 8 atom stereocenters. The number of hydrogen-bond acceptors (Lipinski definition) is 2. The Balaban J connectivity index is 0.000000129. The van der Waals surface area contributed by atoms with Crippen LogP contribution in [0.25, 0.3) is 21.5 Å². The molecule has 4 aromatic carbocycles. The molecule has 8 unspecified atom stereocenters. The van der Waals surface area contributed by atoms with Crippen LogP contribution in [0.4, 0.5) is 0 Å². The number of ether oxygens (including phenoxy) is 2. The monoisotopic (exact) mass is 870 g/mol. The average molecular weight is 871 g/mol. The molecule has 0 radical (unpaired) electrons. The summed E-state index contributed by atoms with van der Waals surface area (Å²) in [7, 11) is 0. The summed E-state index contributed by atoms with van der Waals surface area (Å²) >= 11 is 0. The molecule has 6 aliphatic carbocycles. The molecule has 0 saturated heterocycles. The third-order valence-electron chi connectivity index (χ3n) is 15.9. The fraction of sp³-hybridized carbons (Fsp3) is 0.520. The van der Waals surface area contributed by atoms with Crippen LogP contribution in [0.1, 0.15) is 114 Å². The summed E-state index contributed by atoms with van der Waals surface area (Å²) in [6.07, 6.45) is 34.5. The first kappa shape index (κ1) is 34.6. The number of fused-ring (bicyclic) bond motifs is 15. The summed E-state index contributed by atoms with van der Waals surface area (Å²) in [6.45, 7) is 0. The van der Waals surface area contributed by atoms with E-state index in [1.54, 1.807) is 0 Å². The Morgan fingerprint density at radius 2 is 0.906 bits per heavy atom. The molecular formula is C50H54O2W. The van der Waals surface area contributed by atoms with Crippen LogP contribution in [0.2, 0.25) is 0 Å². The third-order valence-corrected chi connectivity index (χ3v) is 15.9. The molecule has 0 aromatic heterocycles. The van der Waals surface area contributed by atoms with Crippen molar-refractivity contribution in [1.29, 1.82) is 0 Å². The second-order valence-electron chi connectivity index (χ2n) is 18.1. The van der Waals surface area contributed by atoms with E-state index in [1.807, 2.05) is 0 Å². The van der Waals surface area contributed by atoms with Crippen LogP contribution in [0, 0.1) is 59.5 Å². The minimum Gasteiger partial charge on any atom is -0.542 e. The molecule has 2 aliphatic heterocycles. The van der Waals surface area contributed by atoms with Crippen LogP contribution < -0.4 is 9.47 Å². The largest absolute Gasteiger partial charge is 2.00 e. The second-order valence-corrected chi connectivity index (χ2v) is 18.1. The first-order chi connectivity index (χ1) is 25.7. The summed E-state index contributed by atoms with van der Waals surface area (Å²) in [5.41, 5.74) is 2.15. The van der Waals surface area contributed by atoms with Gasteiger partial charge in [-0.15, -0.1) is 29.2 Å². The van der Waals surface area contributed by atoms with Gasteiger partial charge in [0.05, 0.1) is 0 Å². The van der Waals surface area contributed by atoms with Crippen molar-refractivity contribution in [3.63, 3.8) is 0 Å². The Hall–Kier alpha value is -2.83. The van der Waals surface area contributed by atoms with E-state index < -0.39 is 0 Å². The van der Waals surface area contributed by atoms with Crippen LogP contribution in [0.5, 0.6) is 11.5 Å². The van der Waals surface area contributed by atoms with E-state index in [4.69, 9.17) is 9.47 Å². The summed E-state index contributed by atoms with van der Waals surface area (Å²) in [6, 6.07) is 26.2. The van der Waals surface area contributed by atoms with Gasteiger partial charge in [0.1, 0.15) is 11.2 Å². The number of rotatable bonds is 0. The predicted octanol–water partition coefficient (Wildman–Crippen LogP) is 12.6. The van der Waals surface area contributed by atoms with Crippen molar-refractivity contribution in [3.8, 4) is 11.5 Å². The molecule has 8 aliphatic rings. The molecule has 272 valence electrons. The van der Waals surface area contributed by atoms with Crippen molar-refractivity contribution >= 4 is 21.5 Å². The summed E-state index contributed by atoms with van der Waals surface area (Å²) in [5.74, 6) is 8.50. The summed E-state index contributed by atoms with van der Waals surface area (Å²) in [5, 5.41) is 5.12. The zero-order chi connectivity index (χ0) is 34.3. The predicted molar refractivity (Wildman–Crippen MR) is 210 cm³/mol. The van der Waals surface area contributed by atoms with Gasteiger partial charge in [-0.3, -0.25) is 0 Å². The third kappa shape index (κ3) is 5.41. The molecule has 4 aromatic rings. The Labute approximate surface area is 331 Å². The zero-order valence-electron chi connectivity index (χ0n) is 31.2. The SMILES string of the molecule is [C-]1=CC2(Oc3cc4ccccc4cc31)C1CCCCC1C1CCCCC12.[C-]1=CC2(Oc3ccc4ccccc4c31)C1CCCCC1C1CCCCC12.[W+2]. The fourth-order valence-corrected chi connectivity index (χ4v) is 13.9. The van der Waals surface area contributed by atoms with Crippen LogP contribution in [0.15, 0.2) is 84.9 Å². The van der Waals surface area contributed by atoms with E-state index in [1.165, 1.54) is 130 Å². The van der Waals surface area contributed by atoms with Gasteiger partial charge in [-0.2, -0.15) is 23.8 Å². The molecule has 53 heavy (non-hydrogen) atoms. The van der Waals surface area contributed by atoms with Gasteiger partial charge in [-0.1, -0.05) is 123 Å². The second kappa shape index (κ2) is 13.7. The molecule has 2 spiro atoms. The van der Waals surface area contributed by atoms with E-state index in [0.717, 1.165) is 40.7 Å². The smallest absolute Gasteiger partial charge is 0.542 e. The van der Waals surface area contributed by atoms with Gasteiger partial charge in [-0.25, -0.2) is 0 Å². The van der Waals surface area contributed by atoms with Gasteiger partial charge < -0.3 is 9.47 Å². The zero-order valence-corrected chi connectivity index (χ0v) is 34.2. The molecule has 2 nitrogen and oxygen atoms in total. The normalized spacial score (nSPS) is 37.1. The van der Waals surface area contributed by atoms with Gasteiger partial charge in [0.25, 0.3) is 0 Å². The van der Waals surface area contributed by atoms with Crippen molar-refractivity contribution in [2.24, 2.45) is 47.3 Å². The van der Waals surface area contributed by atoms with Crippen LogP contribution in [-0.4, -0.2) is 11.2 Å². The Kier molecular flexibility index (Phi) is 8.97. The minimum atomic E-state index is -0.0777. The Morgan fingerprint density at radius 3 is 1.47 bits per heavy atom. The van der Waals surface area contributed by atoms with Crippen molar-refractivity contribution in [3.05, 3.63) is 108 Å². The molecule has 6 fully saturated rings. The molecule has 3 heteroatoms. The van der Waals surface area contributed by atoms with Crippen LogP contribution in [0.3, 0.4) is 0 Å². The van der Waals surface area contributed by atoms with Crippen molar-refractivity contribution in [1.82, 2.24) is 0 Å². The molecule has 12 rings (SSSR count). The quantitative estimate of drug-likeness (QED) is 0.164. The summed E-state index contributed by atoms with van der Waals surface area (Å²) < 4.78 is 14.0. The molecule has 0 amide bonds. The van der Waals surface area contributed by atoms with Gasteiger partial charge in [0, 0.05) is 35.2 Å². The molecule has 0 bridgehead atoms. The van der Waals surface area contributed by atoms with E-state index in [9.17, 15) is 0 Å². The van der Waals surface area contributed by atoms with Crippen LogP contribution in [-0.2, 0) is 21.1 Å². The minimum absolute atomic E-state index is 0. The maximum atomic E-state index is 7.01. The van der Waals surface area contributed by atoms with Gasteiger partial charge >= 0.3 is 21.1 Å². The summed E-state index contributed by atoms with van der Waals surface area (Å²) in [4.78, 5) is 0. The van der Waals surface area contributed by atoms with Crippen molar-refractivity contribution in [2.45, 2.75) is 114 Å². The number of benzene rings is 4. The molecular weight excluding hydrogens is 816 g/mol. The maximum absolute atomic E-state index is 7.01. The maximum Gasteiger partial charge on any atom is 2.00 e. The molecule has 2 heterocycles. The Morgan fingerprint density at radius 1 is 0.453 bits per heavy atom. The number of hydrogen-bond donors (Lipinski definition) is 0. The van der Waals surface area contributed by atoms with Crippen molar-refractivity contribution in [2.75, 3.05) is 0 Å². The van der Waals surface area contributed by atoms with Crippen LogP contribution >= 0.6 is 0 Å². The first-order valence-electron chi connectivity index (χ1n) is 21.4.